The molecule has 118 valence electrons. The molecule has 1 amide bonds. The van der Waals surface area contributed by atoms with Crippen molar-refractivity contribution >= 4 is 17.2 Å². The summed E-state index contributed by atoms with van der Waals surface area (Å²) in [6.45, 7) is 4.03. The first-order chi connectivity index (χ1) is 10.6. The fourth-order valence-corrected chi connectivity index (χ4v) is 3.01. The maximum atomic E-state index is 12.3. The van der Waals surface area contributed by atoms with Crippen LogP contribution in [0.4, 0.5) is 0 Å². The van der Waals surface area contributed by atoms with Gasteiger partial charge < -0.3 is 14.8 Å². The largest absolute Gasteiger partial charge is 0.493 e. The minimum absolute atomic E-state index is 0.0491. The van der Waals surface area contributed by atoms with E-state index in [1.165, 1.54) is 16.2 Å². The molecular weight excluding hydrogens is 298 g/mol. The lowest BCUT2D eigenvalue weighted by Gasteiger charge is -2.16. The Labute approximate surface area is 135 Å². The highest BCUT2D eigenvalue weighted by Gasteiger charge is 2.15. The predicted molar refractivity (Wildman–Crippen MR) is 89.1 cm³/mol. The van der Waals surface area contributed by atoms with Crippen LogP contribution in [-0.4, -0.2) is 20.1 Å². The summed E-state index contributed by atoms with van der Waals surface area (Å²) in [4.78, 5) is 14.2. The first kappa shape index (κ1) is 16.4. The molecule has 0 aliphatic heterocycles. The van der Waals surface area contributed by atoms with Crippen molar-refractivity contribution < 1.29 is 14.3 Å². The van der Waals surface area contributed by atoms with Crippen molar-refractivity contribution in [2.45, 2.75) is 26.3 Å². The van der Waals surface area contributed by atoms with Gasteiger partial charge in [0.15, 0.2) is 11.5 Å². The van der Waals surface area contributed by atoms with Crippen LogP contribution in [0, 0.1) is 0 Å². The second-order valence-electron chi connectivity index (χ2n) is 4.93. The minimum Gasteiger partial charge on any atom is -0.493 e. The van der Waals surface area contributed by atoms with Crippen LogP contribution >= 0.6 is 11.3 Å². The summed E-state index contributed by atoms with van der Waals surface area (Å²) in [5.41, 5.74) is 0.971. The molecule has 1 N–H and O–H groups in total. The molecule has 0 aliphatic carbocycles. The van der Waals surface area contributed by atoms with Crippen LogP contribution in [0.25, 0.3) is 0 Å². The summed E-state index contributed by atoms with van der Waals surface area (Å²) < 4.78 is 10.5. The summed E-state index contributed by atoms with van der Waals surface area (Å²) in [5, 5.41) is 3.01. The summed E-state index contributed by atoms with van der Waals surface area (Å²) in [7, 11) is 3.20. The first-order valence-electron chi connectivity index (χ1n) is 7.20. The van der Waals surface area contributed by atoms with Gasteiger partial charge >= 0.3 is 0 Å². The molecule has 4 nitrogen and oxygen atoms in total. The van der Waals surface area contributed by atoms with E-state index in [9.17, 15) is 4.79 Å². The number of rotatable bonds is 6. The van der Waals surface area contributed by atoms with Gasteiger partial charge in [0.05, 0.1) is 25.1 Å². The molecule has 2 aromatic rings. The van der Waals surface area contributed by atoms with E-state index < -0.39 is 0 Å². The zero-order chi connectivity index (χ0) is 16.1. The van der Waals surface area contributed by atoms with Crippen LogP contribution in [0.2, 0.25) is 0 Å². The van der Waals surface area contributed by atoms with Gasteiger partial charge in [-0.2, -0.15) is 0 Å². The number of methoxy groups -OCH3 is 2. The van der Waals surface area contributed by atoms with Crippen molar-refractivity contribution in [2.24, 2.45) is 0 Å². The van der Waals surface area contributed by atoms with Gasteiger partial charge in [-0.15, -0.1) is 11.3 Å². The monoisotopic (exact) mass is 319 g/mol. The number of aryl methyl sites for hydroxylation is 1. The molecule has 1 aromatic carbocycles. The quantitative estimate of drug-likeness (QED) is 0.880. The van der Waals surface area contributed by atoms with Crippen molar-refractivity contribution in [1.29, 1.82) is 0 Å². The molecular formula is C17H21NO3S. The molecule has 0 saturated heterocycles. The number of nitrogens with one attached hydrogen (secondary N) is 1. The molecule has 1 atom stereocenters. The molecule has 1 aromatic heterocycles. The normalized spacial score (nSPS) is 11.8. The van der Waals surface area contributed by atoms with E-state index in [4.69, 9.17) is 9.47 Å². The maximum absolute atomic E-state index is 12.3. The summed E-state index contributed by atoms with van der Waals surface area (Å²) in [6.07, 6.45) is 0.948. The molecule has 0 aliphatic rings. The summed E-state index contributed by atoms with van der Waals surface area (Å²) in [5.74, 6) is 1.29. The van der Waals surface area contributed by atoms with Gasteiger partial charge in [0.25, 0.3) is 5.91 Å². The van der Waals surface area contributed by atoms with Crippen molar-refractivity contribution in [3.63, 3.8) is 0 Å². The molecule has 5 heteroatoms. The number of amides is 1. The van der Waals surface area contributed by atoms with Gasteiger partial charge in [-0.1, -0.05) is 13.0 Å². The van der Waals surface area contributed by atoms with E-state index in [2.05, 4.69) is 12.2 Å². The Morgan fingerprint density at radius 1 is 1.18 bits per heavy atom. The van der Waals surface area contributed by atoms with Crippen molar-refractivity contribution in [1.82, 2.24) is 5.32 Å². The number of thiophene rings is 1. The highest BCUT2D eigenvalue weighted by Crippen LogP contribution is 2.30. The number of benzene rings is 1. The molecule has 0 saturated carbocycles. The van der Waals surface area contributed by atoms with E-state index in [0.717, 1.165) is 16.9 Å². The highest BCUT2D eigenvalue weighted by atomic mass is 32.1. The van der Waals surface area contributed by atoms with E-state index in [-0.39, 0.29) is 11.9 Å². The Hall–Kier alpha value is -2.01. The summed E-state index contributed by atoms with van der Waals surface area (Å²) in [6, 6.07) is 9.42. The molecule has 0 unspecified atom stereocenters. The smallest absolute Gasteiger partial charge is 0.261 e. The van der Waals surface area contributed by atoms with Crippen LogP contribution in [0.1, 0.15) is 40.0 Å². The van der Waals surface area contributed by atoms with Crippen molar-refractivity contribution in [2.75, 3.05) is 14.2 Å². The SMILES string of the molecule is CCc1ccc(C(=O)N[C@@H](C)c2ccc(OC)c(OC)c2)s1. The first-order valence-corrected chi connectivity index (χ1v) is 8.02. The van der Waals surface area contributed by atoms with E-state index in [0.29, 0.717) is 11.5 Å². The number of carbonyl (C=O) groups excluding carboxylic acids is 1. The lowest BCUT2D eigenvalue weighted by atomic mass is 10.1. The number of carbonyl (C=O) groups is 1. The van der Waals surface area contributed by atoms with E-state index in [1.54, 1.807) is 14.2 Å². The average molecular weight is 319 g/mol. The van der Waals surface area contributed by atoms with Crippen LogP contribution in [0.15, 0.2) is 30.3 Å². The van der Waals surface area contributed by atoms with Crippen LogP contribution in [-0.2, 0) is 6.42 Å². The van der Waals surface area contributed by atoms with Crippen LogP contribution < -0.4 is 14.8 Å². The highest BCUT2D eigenvalue weighted by molar-refractivity contribution is 7.14. The zero-order valence-corrected chi connectivity index (χ0v) is 14.1. The zero-order valence-electron chi connectivity index (χ0n) is 13.3. The fourth-order valence-electron chi connectivity index (χ4n) is 2.16. The Morgan fingerprint density at radius 2 is 1.91 bits per heavy atom. The second kappa shape index (κ2) is 7.31. The van der Waals surface area contributed by atoms with E-state index >= 15 is 0 Å². The van der Waals surface area contributed by atoms with Crippen LogP contribution in [0.3, 0.4) is 0 Å². The molecule has 0 spiro atoms. The van der Waals surface area contributed by atoms with Gasteiger partial charge in [-0.05, 0) is 43.2 Å². The lowest BCUT2D eigenvalue weighted by Crippen LogP contribution is -2.25. The van der Waals surface area contributed by atoms with E-state index in [1.807, 2.05) is 37.3 Å². The number of hydrogen-bond acceptors (Lipinski definition) is 4. The minimum atomic E-state index is -0.112. The molecule has 0 fully saturated rings. The third-order valence-electron chi connectivity index (χ3n) is 3.49. The Morgan fingerprint density at radius 3 is 2.50 bits per heavy atom. The average Bonchev–Trinajstić information content (AvgIpc) is 3.03. The standard InChI is InChI=1S/C17H21NO3S/c1-5-13-7-9-16(22-13)17(19)18-11(2)12-6-8-14(20-3)15(10-12)21-4/h6-11H,5H2,1-4H3,(H,18,19)/t11-/m0/s1. The van der Waals surface area contributed by atoms with Gasteiger partial charge in [0, 0.05) is 4.88 Å². The molecule has 2 rings (SSSR count). The predicted octanol–water partition coefficient (Wildman–Crippen LogP) is 3.82. The van der Waals surface area contributed by atoms with Gasteiger partial charge in [0.2, 0.25) is 0 Å². The van der Waals surface area contributed by atoms with Gasteiger partial charge in [-0.25, -0.2) is 0 Å². The maximum Gasteiger partial charge on any atom is 0.261 e. The Balaban J connectivity index is 2.11. The number of ether oxygens (including phenoxy) is 2. The number of hydrogen-bond donors (Lipinski definition) is 1. The Kier molecular flexibility index (Phi) is 5.44. The topological polar surface area (TPSA) is 47.6 Å². The Bertz CT molecular complexity index is 651. The van der Waals surface area contributed by atoms with Crippen molar-refractivity contribution in [3.8, 4) is 11.5 Å². The van der Waals surface area contributed by atoms with Gasteiger partial charge in [0.1, 0.15) is 0 Å². The van der Waals surface area contributed by atoms with Gasteiger partial charge in [-0.3, -0.25) is 4.79 Å². The van der Waals surface area contributed by atoms with Crippen molar-refractivity contribution in [3.05, 3.63) is 45.6 Å². The second-order valence-corrected chi connectivity index (χ2v) is 6.10. The van der Waals surface area contributed by atoms with Crippen LogP contribution in [0.5, 0.6) is 11.5 Å². The third kappa shape index (κ3) is 3.60. The lowest BCUT2D eigenvalue weighted by molar-refractivity contribution is 0.0944. The molecule has 22 heavy (non-hydrogen) atoms. The molecule has 1 heterocycles. The fraction of sp³-hybridized carbons (Fsp3) is 0.353. The molecule has 0 radical (unpaired) electrons. The third-order valence-corrected chi connectivity index (χ3v) is 4.72. The molecule has 0 bridgehead atoms. The summed E-state index contributed by atoms with van der Waals surface area (Å²) >= 11 is 1.54.